The molecular weight excluding hydrogens is 306 g/mol. The van der Waals surface area contributed by atoms with Gasteiger partial charge in [0.1, 0.15) is 5.82 Å². The summed E-state index contributed by atoms with van der Waals surface area (Å²) in [5, 5.41) is 0.0950. The van der Waals surface area contributed by atoms with Crippen LogP contribution >= 0.6 is 11.8 Å². The number of thioether (sulfide) groups is 1. The molecule has 0 radical (unpaired) electrons. The topological polar surface area (TPSA) is 67.9 Å². The maximum absolute atomic E-state index is 5.84. The van der Waals surface area contributed by atoms with E-state index in [1.54, 1.807) is 11.8 Å². The highest BCUT2D eigenvalue weighted by molar-refractivity contribution is 7.99. The lowest BCUT2D eigenvalue weighted by atomic mass is 10.0. The summed E-state index contributed by atoms with van der Waals surface area (Å²) in [6.45, 7) is 10.8. The molecule has 6 heteroatoms. The standard InChI is InChI=1S/C17H25N5S/c1-9-8-10(2)12(4)14(11(9)3)23-13(5)15-19-16(18)21-17(20-15)22(6)7/h8,13H,1-7H3,(H2,18,19,20,21)/t13-/m1/s1. The van der Waals surface area contributed by atoms with Crippen molar-refractivity contribution in [3.63, 3.8) is 0 Å². The maximum Gasteiger partial charge on any atom is 0.229 e. The Morgan fingerprint density at radius 3 is 2.09 bits per heavy atom. The van der Waals surface area contributed by atoms with E-state index in [1.165, 1.54) is 27.1 Å². The van der Waals surface area contributed by atoms with Gasteiger partial charge in [-0.15, -0.1) is 11.8 Å². The van der Waals surface area contributed by atoms with Crippen LogP contribution in [0.2, 0.25) is 0 Å². The van der Waals surface area contributed by atoms with E-state index in [0.717, 1.165) is 0 Å². The average Bonchev–Trinajstić information content (AvgIpc) is 2.48. The van der Waals surface area contributed by atoms with E-state index in [2.05, 4.69) is 55.6 Å². The van der Waals surface area contributed by atoms with Crippen molar-refractivity contribution in [2.45, 2.75) is 44.8 Å². The molecule has 0 unspecified atom stereocenters. The Labute approximate surface area is 142 Å². The largest absolute Gasteiger partial charge is 0.368 e. The summed E-state index contributed by atoms with van der Waals surface area (Å²) in [6.07, 6.45) is 0. The molecule has 0 aliphatic heterocycles. The fraction of sp³-hybridized carbons (Fsp3) is 0.471. The lowest BCUT2D eigenvalue weighted by molar-refractivity contribution is 0.864. The predicted octanol–water partition coefficient (Wildman–Crippen LogP) is 3.61. The third kappa shape index (κ3) is 3.75. The van der Waals surface area contributed by atoms with Gasteiger partial charge in [-0.1, -0.05) is 6.07 Å². The number of nitrogen functional groups attached to an aromatic ring is 1. The van der Waals surface area contributed by atoms with Gasteiger partial charge >= 0.3 is 0 Å². The molecule has 1 aromatic heterocycles. The molecule has 0 saturated heterocycles. The molecule has 5 nitrogen and oxygen atoms in total. The van der Waals surface area contributed by atoms with Crippen molar-refractivity contribution >= 4 is 23.7 Å². The Hall–Kier alpha value is -1.82. The monoisotopic (exact) mass is 331 g/mol. The fourth-order valence-corrected chi connectivity index (χ4v) is 3.61. The summed E-state index contributed by atoms with van der Waals surface area (Å²) >= 11 is 1.78. The van der Waals surface area contributed by atoms with Gasteiger partial charge in [0.15, 0.2) is 0 Å². The van der Waals surface area contributed by atoms with Crippen LogP contribution in [0.4, 0.5) is 11.9 Å². The predicted molar refractivity (Wildman–Crippen MR) is 98.2 cm³/mol. The second kappa shape index (κ2) is 6.74. The molecule has 2 aromatic rings. The second-order valence-electron chi connectivity index (χ2n) is 6.10. The van der Waals surface area contributed by atoms with Crippen molar-refractivity contribution in [2.75, 3.05) is 24.7 Å². The molecule has 2 N–H and O–H groups in total. The fourth-order valence-electron chi connectivity index (χ4n) is 2.37. The highest BCUT2D eigenvalue weighted by Crippen LogP contribution is 2.39. The van der Waals surface area contributed by atoms with Gasteiger partial charge in [-0.25, -0.2) is 0 Å². The van der Waals surface area contributed by atoms with Gasteiger partial charge in [0.05, 0.1) is 5.25 Å². The summed E-state index contributed by atoms with van der Waals surface area (Å²) < 4.78 is 0. The Balaban J connectivity index is 2.39. The Kier molecular flexibility index (Phi) is 5.14. The van der Waals surface area contributed by atoms with Gasteiger partial charge in [-0.05, 0) is 56.9 Å². The van der Waals surface area contributed by atoms with E-state index in [0.29, 0.717) is 11.8 Å². The molecule has 0 fully saturated rings. The van der Waals surface area contributed by atoms with Crippen LogP contribution in [-0.2, 0) is 0 Å². The molecule has 23 heavy (non-hydrogen) atoms. The number of nitrogens with two attached hydrogens (primary N) is 1. The molecule has 2 rings (SSSR count). The van der Waals surface area contributed by atoms with Crippen LogP contribution in [0.15, 0.2) is 11.0 Å². The lowest BCUT2D eigenvalue weighted by Crippen LogP contribution is -2.16. The minimum Gasteiger partial charge on any atom is -0.368 e. The van der Waals surface area contributed by atoms with Crippen LogP contribution in [0.3, 0.4) is 0 Å². The molecule has 0 aliphatic carbocycles. The van der Waals surface area contributed by atoms with Crippen LogP contribution in [0.5, 0.6) is 0 Å². The van der Waals surface area contributed by atoms with Crippen molar-refractivity contribution in [3.05, 3.63) is 34.1 Å². The van der Waals surface area contributed by atoms with Crippen molar-refractivity contribution in [1.29, 1.82) is 0 Å². The van der Waals surface area contributed by atoms with Gasteiger partial charge in [0.25, 0.3) is 0 Å². The number of hydrogen-bond acceptors (Lipinski definition) is 6. The van der Waals surface area contributed by atoms with Crippen LogP contribution in [0.25, 0.3) is 0 Å². The Morgan fingerprint density at radius 1 is 1.00 bits per heavy atom. The van der Waals surface area contributed by atoms with E-state index in [9.17, 15) is 0 Å². The number of benzene rings is 1. The summed E-state index contributed by atoms with van der Waals surface area (Å²) in [5.74, 6) is 1.57. The molecule has 0 bridgehead atoms. The van der Waals surface area contributed by atoms with Crippen LogP contribution in [-0.4, -0.2) is 29.0 Å². The molecule has 1 heterocycles. The lowest BCUT2D eigenvalue weighted by Gasteiger charge is -2.19. The molecular formula is C17H25N5S. The molecule has 0 spiro atoms. The van der Waals surface area contributed by atoms with Crippen molar-refractivity contribution in [1.82, 2.24) is 15.0 Å². The number of hydrogen-bond donors (Lipinski definition) is 1. The normalized spacial score (nSPS) is 12.3. The first kappa shape index (κ1) is 17.5. The number of aromatic nitrogens is 3. The first-order chi connectivity index (χ1) is 10.7. The summed E-state index contributed by atoms with van der Waals surface area (Å²) in [7, 11) is 3.79. The number of nitrogens with zero attached hydrogens (tertiary/aromatic N) is 4. The summed E-state index contributed by atoms with van der Waals surface area (Å²) in [6, 6.07) is 2.24. The first-order valence-corrected chi connectivity index (χ1v) is 8.51. The Morgan fingerprint density at radius 2 is 1.57 bits per heavy atom. The van der Waals surface area contributed by atoms with Gasteiger partial charge in [0, 0.05) is 19.0 Å². The zero-order chi connectivity index (χ0) is 17.3. The third-order valence-corrected chi connectivity index (χ3v) is 5.43. The van der Waals surface area contributed by atoms with Crippen LogP contribution in [0.1, 0.15) is 40.3 Å². The van der Waals surface area contributed by atoms with Crippen LogP contribution in [0, 0.1) is 27.7 Å². The second-order valence-corrected chi connectivity index (χ2v) is 7.45. The zero-order valence-corrected chi connectivity index (χ0v) is 15.7. The van der Waals surface area contributed by atoms with Gasteiger partial charge in [-0.2, -0.15) is 15.0 Å². The van der Waals surface area contributed by atoms with E-state index in [1.807, 2.05) is 19.0 Å². The summed E-state index contributed by atoms with van der Waals surface area (Å²) in [4.78, 5) is 16.2. The van der Waals surface area contributed by atoms with Crippen molar-refractivity contribution in [3.8, 4) is 0 Å². The average molecular weight is 331 g/mol. The smallest absolute Gasteiger partial charge is 0.229 e. The van der Waals surface area contributed by atoms with Gasteiger partial charge < -0.3 is 10.6 Å². The summed E-state index contributed by atoms with van der Waals surface area (Å²) in [5.41, 5.74) is 11.1. The molecule has 0 aliphatic rings. The minimum atomic E-state index is 0.0950. The quantitative estimate of drug-likeness (QED) is 0.863. The SMILES string of the molecule is Cc1cc(C)c(C)c(S[C@H](C)c2nc(N)nc(N(C)C)n2)c1C. The van der Waals surface area contributed by atoms with E-state index in [4.69, 9.17) is 5.73 Å². The molecule has 1 atom stereocenters. The molecule has 0 saturated carbocycles. The molecule has 124 valence electrons. The van der Waals surface area contributed by atoms with Gasteiger partial charge in [-0.3, -0.25) is 0 Å². The number of aryl methyl sites for hydroxylation is 2. The van der Waals surface area contributed by atoms with E-state index < -0.39 is 0 Å². The maximum atomic E-state index is 5.84. The molecule has 1 aromatic carbocycles. The minimum absolute atomic E-state index is 0.0950. The molecule has 0 amide bonds. The highest BCUT2D eigenvalue weighted by atomic mass is 32.2. The first-order valence-electron chi connectivity index (χ1n) is 7.63. The zero-order valence-electron chi connectivity index (χ0n) is 14.9. The highest BCUT2D eigenvalue weighted by Gasteiger charge is 2.18. The van der Waals surface area contributed by atoms with Crippen molar-refractivity contribution in [2.24, 2.45) is 0 Å². The number of rotatable bonds is 4. The van der Waals surface area contributed by atoms with E-state index >= 15 is 0 Å². The Bertz CT molecular complexity index is 701. The number of anilines is 2. The third-order valence-electron chi connectivity index (χ3n) is 4.01. The van der Waals surface area contributed by atoms with Gasteiger partial charge in [0.2, 0.25) is 11.9 Å². The van der Waals surface area contributed by atoms with E-state index in [-0.39, 0.29) is 11.2 Å². The van der Waals surface area contributed by atoms with Crippen LogP contribution < -0.4 is 10.6 Å². The van der Waals surface area contributed by atoms with Crippen molar-refractivity contribution < 1.29 is 0 Å².